The molecule has 0 bridgehead atoms. The van der Waals surface area contributed by atoms with Gasteiger partial charge in [-0.25, -0.2) is 14.0 Å². The molecule has 8 heteroatoms. The van der Waals surface area contributed by atoms with Crippen molar-refractivity contribution < 1.29 is 33.0 Å². The SMILES string of the molecule is CC(=O)OC1S[C@H](COC(=O)c2ccc(-c3ccccc3)cc2)[C@@H](OC(=O)c2ccc(-c3ccccc3)cc2)[C@H]1F. The van der Waals surface area contributed by atoms with Crippen molar-refractivity contribution in [1.29, 1.82) is 0 Å². The van der Waals surface area contributed by atoms with E-state index in [1.165, 1.54) is 6.92 Å². The number of carbonyl (C=O) groups excluding carboxylic acids is 3. The van der Waals surface area contributed by atoms with Gasteiger partial charge < -0.3 is 14.2 Å². The Labute approximate surface area is 241 Å². The molecule has 4 atom stereocenters. The van der Waals surface area contributed by atoms with Gasteiger partial charge in [0.25, 0.3) is 0 Å². The molecular formula is C33H27FO6S. The smallest absolute Gasteiger partial charge is 0.338 e. The third kappa shape index (κ3) is 6.84. The number of hydrogen-bond acceptors (Lipinski definition) is 7. The number of esters is 3. The summed E-state index contributed by atoms with van der Waals surface area (Å²) in [5.41, 5.74) is 3.24. The van der Waals surface area contributed by atoms with Crippen molar-refractivity contribution in [1.82, 2.24) is 0 Å². The highest BCUT2D eigenvalue weighted by molar-refractivity contribution is 8.00. The second kappa shape index (κ2) is 12.8. The van der Waals surface area contributed by atoms with Crippen LogP contribution in [0.1, 0.15) is 27.6 Å². The maximum atomic E-state index is 15.4. The topological polar surface area (TPSA) is 78.9 Å². The molecule has 0 N–H and O–H groups in total. The molecule has 1 aliphatic rings. The molecular weight excluding hydrogens is 543 g/mol. The molecule has 0 saturated carbocycles. The second-order valence-electron chi connectivity index (χ2n) is 9.45. The van der Waals surface area contributed by atoms with Gasteiger partial charge in [0.15, 0.2) is 17.7 Å². The van der Waals surface area contributed by atoms with Gasteiger partial charge in [-0.2, -0.15) is 0 Å². The van der Waals surface area contributed by atoms with Crippen LogP contribution < -0.4 is 0 Å². The highest BCUT2D eigenvalue weighted by atomic mass is 32.2. The summed E-state index contributed by atoms with van der Waals surface area (Å²) in [6, 6.07) is 33.1. The zero-order valence-corrected chi connectivity index (χ0v) is 23.0. The zero-order chi connectivity index (χ0) is 28.8. The Morgan fingerprint density at radius 3 is 1.61 bits per heavy atom. The number of halogens is 1. The van der Waals surface area contributed by atoms with E-state index in [1.807, 2.05) is 72.8 Å². The second-order valence-corrected chi connectivity index (χ2v) is 10.8. The predicted octanol–water partition coefficient (Wildman–Crippen LogP) is 6.75. The quantitative estimate of drug-likeness (QED) is 0.171. The van der Waals surface area contributed by atoms with E-state index in [-0.39, 0.29) is 12.2 Å². The molecule has 1 saturated heterocycles. The number of hydrogen-bond donors (Lipinski definition) is 0. The van der Waals surface area contributed by atoms with E-state index < -0.39 is 40.9 Å². The Bertz CT molecular complexity index is 1490. The van der Waals surface area contributed by atoms with Gasteiger partial charge >= 0.3 is 17.9 Å². The lowest BCUT2D eigenvalue weighted by Crippen LogP contribution is -2.37. The van der Waals surface area contributed by atoms with E-state index >= 15 is 4.39 Å². The number of alkyl halides is 1. The molecule has 0 aromatic heterocycles. The Morgan fingerprint density at radius 2 is 1.12 bits per heavy atom. The minimum Gasteiger partial charge on any atom is -0.461 e. The summed E-state index contributed by atoms with van der Waals surface area (Å²) in [4.78, 5) is 37.3. The summed E-state index contributed by atoms with van der Waals surface area (Å²) in [6.07, 6.45) is -3.09. The largest absolute Gasteiger partial charge is 0.461 e. The summed E-state index contributed by atoms with van der Waals surface area (Å²) in [7, 11) is 0. The molecule has 208 valence electrons. The third-order valence-corrected chi connectivity index (χ3v) is 7.99. The summed E-state index contributed by atoms with van der Waals surface area (Å²) in [5.74, 6) is -1.99. The number of rotatable bonds is 8. The lowest BCUT2D eigenvalue weighted by molar-refractivity contribution is -0.145. The predicted molar refractivity (Wildman–Crippen MR) is 155 cm³/mol. The van der Waals surface area contributed by atoms with E-state index in [1.54, 1.807) is 36.4 Å². The molecule has 0 spiro atoms. The summed E-state index contributed by atoms with van der Waals surface area (Å²) >= 11 is 0.956. The van der Waals surface area contributed by atoms with E-state index in [4.69, 9.17) is 14.2 Å². The van der Waals surface area contributed by atoms with Crippen molar-refractivity contribution in [3.05, 3.63) is 120 Å². The fourth-order valence-electron chi connectivity index (χ4n) is 4.51. The summed E-state index contributed by atoms with van der Waals surface area (Å²) in [6.45, 7) is 0.933. The highest BCUT2D eigenvalue weighted by Gasteiger charge is 2.49. The van der Waals surface area contributed by atoms with Crippen LogP contribution in [0.5, 0.6) is 0 Å². The maximum absolute atomic E-state index is 15.4. The van der Waals surface area contributed by atoms with E-state index in [0.717, 1.165) is 34.0 Å². The summed E-state index contributed by atoms with van der Waals surface area (Å²) < 4.78 is 31.5. The lowest BCUT2D eigenvalue weighted by atomic mass is 10.0. The first-order chi connectivity index (χ1) is 19.9. The molecule has 0 amide bonds. The van der Waals surface area contributed by atoms with Crippen LogP contribution in [0.2, 0.25) is 0 Å². The van der Waals surface area contributed by atoms with Crippen molar-refractivity contribution in [2.45, 2.75) is 29.9 Å². The number of benzene rings is 4. The minimum absolute atomic E-state index is 0.243. The van der Waals surface area contributed by atoms with Crippen molar-refractivity contribution in [3.8, 4) is 22.3 Å². The van der Waals surface area contributed by atoms with Gasteiger partial charge in [-0.3, -0.25) is 4.79 Å². The van der Waals surface area contributed by atoms with E-state index in [2.05, 4.69) is 0 Å². The van der Waals surface area contributed by atoms with Gasteiger partial charge in [0.1, 0.15) is 6.61 Å². The van der Waals surface area contributed by atoms with Crippen molar-refractivity contribution >= 4 is 29.7 Å². The molecule has 1 heterocycles. The van der Waals surface area contributed by atoms with Gasteiger partial charge in [-0.05, 0) is 46.5 Å². The Hall–Kier alpha value is -4.43. The fourth-order valence-corrected chi connectivity index (χ4v) is 5.86. The Balaban J connectivity index is 1.25. The fraction of sp³-hybridized carbons (Fsp3) is 0.182. The molecule has 1 fully saturated rings. The lowest BCUT2D eigenvalue weighted by Gasteiger charge is -2.20. The van der Waals surface area contributed by atoms with Crippen LogP contribution >= 0.6 is 11.8 Å². The average molecular weight is 571 g/mol. The molecule has 0 aliphatic carbocycles. The average Bonchev–Trinajstić information content (AvgIpc) is 3.29. The molecule has 1 unspecified atom stereocenters. The summed E-state index contributed by atoms with van der Waals surface area (Å²) in [5, 5.41) is -0.783. The van der Waals surface area contributed by atoms with Crippen LogP contribution in [-0.4, -0.2) is 47.5 Å². The third-order valence-electron chi connectivity index (χ3n) is 6.61. The van der Waals surface area contributed by atoms with Gasteiger partial charge in [-0.1, -0.05) is 84.9 Å². The zero-order valence-electron chi connectivity index (χ0n) is 22.1. The van der Waals surface area contributed by atoms with Crippen LogP contribution in [0.3, 0.4) is 0 Å². The van der Waals surface area contributed by atoms with E-state index in [0.29, 0.717) is 5.56 Å². The Kier molecular flexibility index (Phi) is 8.79. The first kappa shape index (κ1) is 28.1. The van der Waals surface area contributed by atoms with E-state index in [9.17, 15) is 14.4 Å². The standard InChI is InChI=1S/C33H27FO6S/c1-21(35)39-33-29(34)30(40-32(37)27-18-14-25(15-19-27)23-10-6-3-7-11-23)28(41-33)20-38-31(36)26-16-12-24(13-17-26)22-8-4-2-5-9-22/h2-19,28-30,33H,20H2,1H3/t28-,29-,30-,33?/m1/s1. The van der Waals surface area contributed by atoms with Crippen molar-refractivity contribution in [3.63, 3.8) is 0 Å². The van der Waals surface area contributed by atoms with Gasteiger partial charge in [0.05, 0.1) is 16.4 Å². The van der Waals surface area contributed by atoms with Gasteiger partial charge in [0, 0.05) is 6.92 Å². The first-order valence-electron chi connectivity index (χ1n) is 13.0. The van der Waals surface area contributed by atoms with Gasteiger partial charge in [0.2, 0.25) is 0 Å². The number of thioether (sulfide) groups is 1. The van der Waals surface area contributed by atoms with Crippen LogP contribution in [-0.2, 0) is 19.0 Å². The molecule has 5 rings (SSSR count). The molecule has 6 nitrogen and oxygen atoms in total. The molecule has 4 aromatic carbocycles. The Morgan fingerprint density at radius 1 is 0.659 bits per heavy atom. The molecule has 4 aromatic rings. The van der Waals surface area contributed by atoms with Crippen LogP contribution in [0.25, 0.3) is 22.3 Å². The van der Waals surface area contributed by atoms with Crippen molar-refractivity contribution in [2.75, 3.05) is 6.61 Å². The minimum atomic E-state index is -1.80. The van der Waals surface area contributed by atoms with Crippen LogP contribution in [0, 0.1) is 0 Å². The van der Waals surface area contributed by atoms with Crippen molar-refractivity contribution in [2.24, 2.45) is 0 Å². The molecule has 0 radical (unpaired) electrons. The molecule has 41 heavy (non-hydrogen) atoms. The number of ether oxygens (including phenoxy) is 3. The monoisotopic (exact) mass is 570 g/mol. The van der Waals surface area contributed by atoms with Gasteiger partial charge in [-0.15, -0.1) is 11.8 Å². The number of carbonyl (C=O) groups is 3. The van der Waals surface area contributed by atoms with Crippen LogP contribution in [0.15, 0.2) is 109 Å². The molecule has 1 aliphatic heterocycles. The maximum Gasteiger partial charge on any atom is 0.338 e. The normalized spacial score (nSPS) is 19.8. The first-order valence-corrected chi connectivity index (χ1v) is 14.0. The highest BCUT2D eigenvalue weighted by Crippen LogP contribution is 2.39. The van der Waals surface area contributed by atoms with Crippen LogP contribution in [0.4, 0.5) is 4.39 Å².